The van der Waals surface area contributed by atoms with Crippen molar-refractivity contribution >= 4 is 11.7 Å². The Morgan fingerprint density at radius 3 is 2.82 bits per heavy atom. The number of hydrogen-bond donors (Lipinski definition) is 2. The molecule has 3 heterocycles. The summed E-state index contributed by atoms with van der Waals surface area (Å²) in [6.07, 6.45) is 4.66. The standard InChI is InChI=1S/C21H28N4O3/c1-27-14-4-10-22-20(26)24-12-8-21(9-13-24)19-5-3-11-25(19)18-7-6-16(28-2)15-17(18)23-21/h3,5-7,11,15,23H,4,8-10,12-14H2,1-2H3,(H,22,26). The SMILES string of the molecule is COCCCNC(=O)N1CCC2(CC1)Nc1cc(OC)ccc1-n1cccc12. The number of aromatic nitrogens is 1. The summed E-state index contributed by atoms with van der Waals surface area (Å²) >= 11 is 0. The van der Waals surface area contributed by atoms with Crippen LogP contribution in [0.4, 0.5) is 10.5 Å². The van der Waals surface area contributed by atoms with E-state index in [1.165, 1.54) is 5.69 Å². The number of carbonyl (C=O) groups excluding carboxylic acids is 1. The van der Waals surface area contributed by atoms with Gasteiger partial charge in [0, 0.05) is 51.3 Å². The molecule has 1 spiro atoms. The molecule has 0 bridgehead atoms. The van der Waals surface area contributed by atoms with Gasteiger partial charge in [0.25, 0.3) is 0 Å². The Bertz CT molecular complexity index is 840. The molecule has 0 radical (unpaired) electrons. The lowest BCUT2D eigenvalue weighted by Crippen LogP contribution is -2.53. The Balaban J connectivity index is 1.49. The smallest absolute Gasteiger partial charge is 0.317 e. The van der Waals surface area contributed by atoms with Crippen molar-refractivity contribution < 1.29 is 14.3 Å². The molecule has 2 aromatic rings. The molecule has 1 aromatic carbocycles. The molecule has 1 aromatic heterocycles. The van der Waals surface area contributed by atoms with Gasteiger partial charge < -0.3 is 29.6 Å². The Morgan fingerprint density at radius 1 is 1.25 bits per heavy atom. The molecule has 2 aliphatic rings. The lowest BCUT2D eigenvalue weighted by molar-refractivity contribution is 0.160. The molecule has 7 nitrogen and oxygen atoms in total. The normalized spacial score (nSPS) is 16.9. The Hall–Kier alpha value is -2.67. The number of urea groups is 1. The summed E-state index contributed by atoms with van der Waals surface area (Å²) in [5.41, 5.74) is 3.28. The second kappa shape index (κ2) is 7.75. The quantitative estimate of drug-likeness (QED) is 0.778. The molecule has 2 amide bonds. The van der Waals surface area contributed by atoms with Gasteiger partial charge in [0.1, 0.15) is 5.75 Å². The van der Waals surface area contributed by atoms with Crippen molar-refractivity contribution in [3.05, 3.63) is 42.2 Å². The van der Waals surface area contributed by atoms with Crippen LogP contribution in [0.2, 0.25) is 0 Å². The number of nitrogens with zero attached hydrogens (tertiary/aromatic N) is 2. The molecule has 0 saturated carbocycles. The van der Waals surface area contributed by atoms with Crippen molar-refractivity contribution in [3.63, 3.8) is 0 Å². The van der Waals surface area contributed by atoms with Crippen LogP contribution < -0.4 is 15.4 Å². The molecule has 1 fully saturated rings. The van der Waals surface area contributed by atoms with Crippen molar-refractivity contribution in [2.24, 2.45) is 0 Å². The number of fused-ring (bicyclic) bond motifs is 4. The van der Waals surface area contributed by atoms with E-state index >= 15 is 0 Å². The van der Waals surface area contributed by atoms with Gasteiger partial charge in [0.15, 0.2) is 0 Å². The van der Waals surface area contributed by atoms with E-state index in [4.69, 9.17) is 9.47 Å². The zero-order valence-electron chi connectivity index (χ0n) is 16.5. The number of ether oxygens (including phenoxy) is 2. The summed E-state index contributed by atoms with van der Waals surface area (Å²) in [4.78, 5) is 14.4. The lowest BCUT2D eigenvalue weighted by Gasteiger charge is -2.46. The third kappa shape index (κ3) is 3.30. The van der Waals surface area contributed by atoms with Gasteiger partial charge in [-0.2, -0.15) is 0 Å². The summed E-state index contributed by atoms with van der Waals surface area (Å²) in [5.74, 6) is 0.838. The highest BCUT2D eigenvalue weighted by Crippen LogP contribution is 2.44. The van der Waals surface area contributed by atoms with Gasteiger partial charge in [-0.25, -0.2) is 4.79 Å². The average Bonchev–Trinajstić information content (AvgIpc) is 3.22. The third-order valence-corrected chi connectivity index (χ3v) is 5.78. The van der Waals surface area contributed by atoms with Crippen molar-refractivity contribution in [1.82, 2.24) is 14.8 Å². The van der Waals surface area contributed by atoms with Gasteiger partial charge in [-0.05, 0) is 43.5 Å². The van der Waals surface area contributed by atoms with Gasteiger partial charge in [0.05, 0.1) is 24.0 Å². The van der Waals surface area contributed by atoms with Crippen LogP contribution in [0.25, 0.3) is 5.69 Å². The number of amides is 2. The fraction of sp³-hybridized carbons (Fsp3) is 0.476. The van der Waals surface area contributed by atoms with E-state index < -0.39 is 0 Å². The molecule has 0 unspecified atom stereocenters. The van der Waals surface area contributed by atoms with Crippen molar-refractivity contribution in [2.75, 3.05) is 45.8 Å². The number of nitrogens with one attached hydrogen (secondary N) is 2. The molecular formula is C21H28N4O3. The highest BCUT2D eigenvalue weighted by atomic mass is 16.5. The number of likely N-dealkylation sites (tertiary alicyclic amines) is 1. The number of piperidine rings is 1. The number of benzene rings is 1. The maximum atomic E-state index is 12.4. The molecular weight excluding hydrogens is 356 g/mol. The van der Waals surface area contributed by atoms with Crippen molar-refractivity contribution in [3.8, 4) is 11.4 Å². The topological polar surface area (TPSA) is 67.8 Å². The van der Waals surface area contributed by atoms with Crippen LogP contribution in [0.3, 0.4) is 0 Å². The number of carbonyl (C=O) groups is 1. The highest BCUT2D eigenvalue weighted by Gasteiger charge is 2.42. The summed E-state index contributed by atoms with van der Waals surface area (Å²) in [5, 5.41) is 6.76. The second-order valence-electron chi connectivity index (χ2n) is 7.42. The van der Waals surface area contributed by atoms with Crippen LogP contribution in [0.15, 0.2) is 36.5 Å². The number of rotatable bonds is 5. The van der Waals surface area contributed by atoms with E-state index in [0.717, 1.165) is 36.4 Å². The van der Waals surface area contributed by atoms with Crippen LogP contribution in [0, 0.1) is 0 Å². The monoisotopic (exact) mass is 384 g/mol. The summed E-state index contributed by atoms with van der Waals surface area (Å²) in [7, 11) is 3.36. The predicted octanol–water partition coefficient (Wildman–Crippen LogP) is 2.95. The fourth-order valence-corrected chi connectivity index (χ4v) is 4.25. The molecule has 2 N–H and O–H groups in total. The van der Waals surface area contributed by atoms with Gasteiger partial charge in [-0.1, -0.05) is 0 Å². The maximum absolute atomic E-state index is 12.4. The summed E-state index contributed by atoms with van der Waals surface area (Å²) < 4.78 is 12.7. The van der Waals surface area contributed by atoms with Crippen LogP contribution in [-0.4, -0.2) is 56.0 Å². The lowest BCUT2D eigenvalue weighted by atomic mass is 9.82. The van der Waals surface area contributed by atoms with E-state index in [2.05, 4.69) is 45.7 Å². The molecule has 2 aliphatic heterocycles. The van der Waals surface area contributed by atoms with E-state index in [-0.39, 0.29) is 11.6 Å². The van der Waals surface area contributed by atoms with E-state index in [0.29, 0.717) is 26.2 Å². The zero-order chi connectivity index (χ0) is 19.6. The van der Waals surface area contributed by atoms with Crippen LogP contribution in [0.1, 0.15) is 25.0 Å². The molecule has 0 atom stereocenters. The van der Waals surface area contributed by atoms with Crippen LogP contribution >= 0.6 is 0 Å². The first-order chi connectivity index (χ1) is 13.7. The Morgan fingerprint density at radius 2 is 2.07 bits per heavy atom. The van der Waals surface area contributed by atoms with Gasteiger partial charge in [-0.15, -0.1) is 0 Å². The largest absolute Gasteiger partial charge is 0.497 e. The minimum Gasteiger partial charge on any atom is -0.497 e. The second-order valence-corrected chi connectivity index (χ2v) is 7.42. The van der Waals surface area contributed by atoms with Crippen LogP contribution in [-0.2, 0) is 10.3 Å². The molecule has 0 aliphatic carbocycles. The van der Waals surface area contributed by atoms with Crippen molar-refractivity contribution in [1.29, 1.82) is 0 Å². The first-order valence-electron chi connectivity index (χ1n) is 9.83. The summed E-state index contributed by atoms with van der Waals surface area (Å²) in [6.45, 7) is 2.73. The van der Waals surface area contributed by atoms with Gasteiger partial charge in [-0.3, -0.25) is 0 Å². The van der Waals surface area contributed by atoms with E-state index in [1.54, 1.807) is 14.2 Å². The Labute approximate surface area is 165 Å². The first-order valence-corrected chi connectivity index (χ1v) is 9.83. The highest BCUT2D eigenvalue weighted by molar-refractivity contribution is 5.74. The number of hydrogen-bond acceptors (Lipinski definition) is 4. The predicted molar refractivity (Wildman–Crippen MR) is 108 cm³/mol. The maximum Gasteiger partial charge on any atom is 0.317 e. The van der Waals surface area contributed by atoms with Gasteiger partial charge >= 0.3 is 6.03 Å². The van der Waals surface area contributed by atoms with E-state index in [9.17, 15) is 4.79 Å². The fourth-order valence-electron chi connectivity index (χ4n) is 4.25. The number of methoxy groups -OCH3 is 2. The van der Waals surface area contributed by atoms with Crippen molar-refractivity contribution in [2.45, 2.75) is 24.8 Å². The Kier molecular flexibility index (Phi) is 5.17. The minimum absolute atomic E-state index is 0.0132. The number of anilines is 1. The molecule has 1 saturated heterocycles. The average molecular weight is 384 g/mol. The molecule has 7 heteroatoms. The van der Waals surface area contributed by atoms with Gasteiger partial charge in [0.2, 0.25) is 0 Å². The first kappa shape index (κ1) is 18.7. The van der Waals surface area contributed by atoms with E-state index in [1.807, 2.05) is 11.0 Å². The third-order valence-electron chi connectivity index (χ3n) is 5.78. The minimum atomic E-state index is -0.171. The van der Waals surface area contributed by atoms with Crippen LogP contribution in [0.5, 0.6) is 5.75 Å². The molecule has 150 valence electrons. The summed E-state index contributed by atoms with van der Waals surface area (Å²) in [6, 6.07) is 10.4. The zero-order valence-corrected chi connectivity index (χ0v) is 16.5. The molecule has 4 rings (SSSR count). The molecule has 28 heavy (non-hydrogen) atoms.